The number of nitrogens with zero attached hydrogens (tertiary/aromatic N) is 1. The lowest BCUT2D eigenvalue weighted by Gasteiger charge is -2.44. The van der Waals surface area contributed by atoms with Crippen LogP contribution in [0.15, 0.2) is 78.9 Å². The average molecular weight is 461 g/mol. The van der Waals surface area contributed by atoms with Gasteiger partial charge in [0.1, 0.15) is 0 Å². The first kappa shape index (κ1) is 21.3. The number of sulfonamides is 1. The average Bonchev–Trinajstić information content (AvgIpc) is 2.69. The number of nitrogens with one attached hydrogen (secondary N) is 1. The van der Waals surface area contributed by atoms with Crippen molar-refractivity contribution in [3.05, 3.63) is 106 Å². The van der Waals surface area contributed by atoms with E-state index in [1.165, 1.54) is 0 Å². The van der Waals surface area contributed by atoms with Crippen molar-refractivity contribution in [2.75, 3.05) is 13.1 Å². The zero-order valence-electron chi connectivity index (χ0n) is 16.2. The summed E-state index contributed by atoms with van der Waals surface area (Å²) in [6.45, 7) is 1.26. The molecular weight excluding hydrogens is 439 g/mol. The highest BCUT2D eigenvalue weighted by molar-refractivity contribution is 7.88. The maximum Gasteiger partial charge on any atom is 0.216 e. The Morgan fingerprint density at radius 3 is 1.83 bits per heavy atom. The lowest BCUT2D eigenvalue weighted by atomic mass is 9.93. The molecule has 30 heavy (non-hydrogen) atoms. The van der Waals surface area contributed by atoms with Crippen molar-refractivity contribution < 1.29 is 8.42 Å². The summed E-state index contributed by atoms with van der Waals surface area (Å²) < 4.78 is 27.9. The Hall–Kier alpha value is -1.89. The summed E-state index contributed by atoms with van der Waals surface area (Å²) in [5, 5.41) is 1.37. The minimum Gasteiger partial charge on any atom is -0.289 e. The van der Waals surface area contributed by atoms with Gasteiger partial charge < -0.3 is 0 Å². The van der Waals surface area contributed by atoms with Crippen LogP contribution in [0.25, 0.3) is 0 Å². The molecule has 156 valence electrons. The predicted octanol–water partition coefficient (Wildman–Crippen LogP) is 4.89. The van der Waals surface area contributed by atoms with E-state index >= 15 is 0 Å². The van der Waals surface area contributed by atoms with Gasteiger partial charge in [-0.1, -0.05) is 77.8 Å². The Labute approximate surface area is 187 Å². The molecule has 1 aliphatic heterocycles. The van der Waals surface area contributed by atoms with E-state index < -0.39 is 10.0 Å². The van der Waals surface area contributed by atoms with Gasteiger partial charge in [0.15, 0.2) is 0 Å². The summed E-state index contributed by atoms with van der Waals surface area (Å²) >= 11 is 12.1. The first-order valence-electron chi connectivity index (χ1n) is 9.68. The van der Waals surface area contributed by atoms with Gasteiger partial charge in [-0.15, -0.1) is 0 Å². The number of benzene rings is 3. The van der Waals surface area contributed by atoms with Gasteiger partial charge in [0.2, 0.25) is 10.0 Å². The topological polar surface area (TPSA) is 49.4 Å². The number of hydrogen-bond acceptors (Lipinski definition) is 3. The van der Waals surface area contributed by atoms with Gasteiger partial charge in [-0.25, -0.2) is 13.1 Å². The Morgan fingerprint density at radius 1 is 0.833 bits per heavy atom. The van der Waals surface area contributed by atoms with Crippen molar-refractivity contribution in [2.24, 2.45) is 0 Å². The molecule has 0 aromatic heterocycles. The van der Waals surface area contributed by atoms with Gasteiger partial charge in [0.25, 0.3) is 0 Å². The molecule has 1 aliphatic rings. The molecule has 0 saturated carbocycles. The molecule has 4 nitrogen and oxygen atoms in total. The van der Waals surface area contributed by atoms with Gasteiger partial charge in [0, 0.05) is 29.2 Å². The summed E-state index contributed by atoms with van der Waals surface area (Å²) in [7, 11) is -3.40. The molecule has 0 atom stereocenters. The highest BCUT2D eigenvalue weighted by Crippen LogP contribution is 2.33. The van der Waals surface area contributed by atoms with E-state index in [0.29, 0.717) is 23.1 Å². The van der Waals surface area contributed by atoms with Crippen molar-refractivity contribution in [3.8, 4) is 0 Å². The second-order valence-electron chi connectivity index (χ2n) is 7.52. The first-order chi connectivity index (χ1) is 14.4. The highest BCUT2D eigenvalue weighted by atomic mass is 35.5. The minimum absolute atomic E-state index is 0.00871. The van der Waals surface area contributed by atoms with Crippen LogP contribution in [0.4, 0.5) is 0 Å². The van der Waals surface area contributed by atoms with Crippen molar-refractivity contribution in [1.82, 2.24) is 9.62 Å². The maximum absolute atomic E-state index is 12.5. The van der Waals surface area contributed by atoms with Crippen molar-refractivity contribution >= 4 is 33.2 Å². The van der Waals surface area contributed by atoms with Crippen LogP contribution in [0.1, 0.15) is 22.7 Å². The summed E-state index contributed by atoms with van der Waals surface area (Å²) in [4.78, 5) is 2.25. The summed E-state index contributed by atoms with van der Waals surface area (Å²) in [5.41, 5.74) is 2.99. The number of hydrogen-bond donors (Lipinski definition) is 1. The monoisotopic (exact) mass is 460 g/mol. The van der Waals surface area contributed by atoms with Crippen LogP contribution in [-0.4, -0.2) is 32.4 Å². The fourth-order valence-corrected chi connectivity index (χ4v) is 5.42. The van der Waals surface area contributed by atoms with E-state index in [1.54, 1.807) is 0 Å². The first-order valence-corrected chi connectivity index (χ1v) is 12.1. The van der Waals surface area contributed by atoms with E-state index in [0.717, 1.165) is 16.7 Å². The van der Waals surface area contributed by atoms with Gasteiger partial charge in [0.05, 0.1) is 11.8 Å². The maximum atomic E-state index is 12.5. The SMILES string of the molecule is O=S(=O)(Cc1ccccc1)NC1CN(C(c2ccc(Cl)cc2)c2ccc(Cl)cc2)C1. The molecule has 1 saturated heterocycles. The van der Waals surface area contributed by atoms with Crippen LogP contribution in [0.3, 0.4) is 0 Å². The van der Waals surface area contributed by atoms with Gasteiger partial charge in [-0.2, -0.15) is 0 Å². The fraction of sp³-hybridized carbons (Fsp3) is 0.217. The molecule has 4 rings (SSSR count). The van der Waals surface area contributed by atoms with Gasteiger partial charge >= 0.3 is 0 Å². The lowest BCUT2D eigenvalue weighted by Crippen LogP contribution is -2.60. The minimum atomic E-state index is -3.40. The lowest BCUT2D eigenvalue weighted by molar-refractivity contribution is 0.105. The zero-order chi connectivity index (χ0) is 21.1. The molecule has 0 spiro atoms. The predicted molar refractivity (Wildman–Crippen MR) is 122 cm³/mol. The molecule has 0 unspecified atom stereocenters. The fourth-order valence-electron chi connectivity index (χ4n) is 3.79. The van der Waals surface area contributed by atoms with E-state index in [-0.39, 0.29) is 17.8 Å². The molecule has 0 radical (unpaired) electrons. The summed E-state index contributed by atoms with van der Waals surface area (Å²) in [6, 6.07) is 24.6. The van der Waals surface area contributed by atoms with E-state index in [2.05, 4.69) is 9.62 Å². The summed E-state index contributed by atoms with van der Waals surface area (Å²) in [6.07, 6.45) is 0. The molecular formula is C23H22Cl2N2O2S. The molecule has 1 heterocycles. The third-order valence-electron chi connectivity index (χ3n) is 5.19. The second-order valence-corrected chi connectivity index (χ2v) is 10.1. The van der Waals surface area contributed by atoms with Crippen molar-refractivity contribution in [3.63, 3.8) is 0 Å². The van der Waals surface area contributed by atoms with Crippen LogP contribution >= 0.6 is 23.2 Å². The van der Waals surface area contributed by atoms with Crippen LogP contribution < -0.4 is 4.72 Å². The number of rotatable bonds is 7. The highest BCUT2D eigenvalue weighted by Gasteiger charge is 2.36. The van der Waals surface area contributed by atoms with Crippen molar-refractivity contribution in [1.29, 1.82) is 0 Å². The largest absolute Gasteiger partial charge is 0.289 e. The van der Waals surface area contributed by atoms with Gasteiger partial charge in [-0.3, -0.25) is 4.90 Å². The van der Waals surface area contributed by atoms with Crippen LogP contribution in [0, 0.1) is 0 Å². The van der Waals surface area contributed by atoms with Crippen LogP contribution in [-0.2, 0) is 15.8 Å². The van der Waals surface area contributed by atoms with Gasteiger partial charge in [-0.05, 0) is 41.0 Å². The zero-order valence-corrected chi connectivity index (χ0v) is 18.5. The van der Waals surface area contributed by atoms with Crippen LogP contribution in [0.2, 0.25) is 10.0 Å². The molecule has 7 heteroatoms. The quantitative estimate of drug-likeness (QED) is 0.545. The Balaban J connectivity index is 1.46. The van der Waals surface area contributed by atoms with Crippen molar-refractivity contribution in [2.45, 2.75) is 17.8 Å². The number of halogens is 2. The van der Waals surface area contributed by atoms with E-state index in [1.807, 2.05) is 78.9 Å². The molecule has 1 fully saturated rings. The molecule has 0 aliphatic carbocycles. The van der Waals surface area contributed by atoms with E-state index in [4.69, 9.17) is 23.2 Å². The molecule has 1 N–H and O–H groups in total. The molecule has 3 aromatic rings. The molecule has 3 aromatic carbocycles. The third-order valence-corrected chi connectivity index (χ3v) is 7.10. The Bertz CT molecular complexity index is 1040. The Kier molecular flexibility index (Phi) is 6.46. The van der Waals surface area contributed by atoms with Crippen LogP contribution in [0.5, 0.6) is 0 Å². The van der Waals surface area contributed by atoms with E-state index in [9.17, 15) is 8.42 Å². The third kappa shape index (κ3) is 5.23. The standard InChI is InChI=1S/C23H22Cl2N2O2S/c24-20-10-6-18(7-11-20)23(19-8-12-21(25)13-9-19)27-14-22(15-27)26-30(28,29)16-17-4-2-1-3-5-17/h1-13,22-23,26H,14-16H2. The second kappa shape index (κ2) is 9.08. The number of likely N-dealkylation sites (tertiary alicyclic amines) is 1. The summed E-state index contributed by atoms with van der Waals surface area (Å²) in [5.74, 6) is -0.0118. The Morgan fingerprint density at radius 2 is 1.33 bits per heavy atom. The normalized spacial score (nSPS) is 15.3. The smallest absolute Gasteiger partial charge is 0.216 e. The molecule has 0 amide bonds. The molecule has 0 bridgehead atoms.